The quantitative estimate of drug-likeness (QED) is 0.720. The molecule has 1 radical (unpaired) electrons. The summed E-state index contributed by atoms with van der Waals surface area (Å²) < 4.78 is 0. The van der Waals surface area contributed by atoms with Crippen molar-refractivity contribution in [2.24, 2.45) is 0 Å². The molecular weight excluding hydrogens is 220 g/mol. The maximum Gasteiger partial charge on any atom is 0.0337 e. The van der Waals surface area contributed by atoms with Gasteiger partial charge in [0, 0.05) is 14.7 Å². The molecule has 0 spiro atoms. The molecule has 0 unspecified atom stereocenters. The first-order chi connectivity index (χ1) is 7.40. The van der Waals surface area contributed by atoms with Crippen molar-refractivity contribution in [3.63, 3.8) is 0 Å². The molecule has 0 amide bonds. The third kappa shape index (κ3) is 2.80. The molecule has 0 aliphatic carbocycles. The lowest BCUT2D eigenvalue weighted by Crippen LogP contribution is -1.77. The largest absolute Gasteiger partial charge is 0.128 e. The van der Waals surface area contributed by atoms with Crippen LogP contribution >= 0.6 is 23.5 Å². The van der Waals surface area contributed by atoms with Gasteiger partial charge in [-0.25, -0.2) is 0 Å². The monoisotopic (exact) mass is 231 g/mol. The van der Waals surface area contributed by atoms with Gasteiger partial charge in [0.15, 0.2) is 0 Å². The van der Waals surface area contributed by atoms with Crippen LogP contribution in [0.2, 0.25) is 0 Å². The molecular formula is C13H11S2. The molecule has 0 aliphatic heterocycles. The van der Waals surface area contributed by atoms with Crippen LogP contribution in [0.3, 0.4) is 0 Å². The standard InChI is InChI=1S/C13H11S2/c1-14-12-9-5-6-10-13(12)15-11-7-3-2-4-8-11/h2-9H,1H3. The van der Waals surface area contributed by atoms with Gasteiger partial charge < -0.3 is 0 Å². The summed E-state index contributed by atoms with van der Waals surface area (Å²) in [7, 11) is 0. The van der Waals surface area contributed by atoms with Gasteiger partial charge in [-0.1, -0.05) is 42.1 Å². The maximum absolute atomic E-state index is 3.28. The van der Waals surface area contributed by atoms with Crippen LogP contribution in [0.25, 0.3) is 0 Å². The number of benzene rings is 2. The summed E-state index contributed by atoms with van der Waals surface area (Å²) in [5.41, 5.74) is 0. The Morgan fingerprint density at radius 2 is 1.80 bits per heavy atom. The predicted molar refractivity (Wildman–Crippen MR) is 67.6 cm³/mol. The highest BCUT2D eigenvalue weighted by atomic mass is 32.2. The molecule has 2 aromatic rings. The Kier molecular flexibility index (Phi) is 3.75. The average Bonchev–Trinajstić information content (AvgIpc) is 2.31. The molecule has 0 saturated heterocycles. The molecule has 0 aliphatic rings. The molecule has 0 saturated carbocycles. The van der Waals surface area contributed by atoms with Gasteiger partial charge in [-0.2, -0.15) is 0 Å². The van der Waals surface area contributed by atoms with E-state index in [1.54, 1.807) is 23.5 Å². The normalized spacial score (nSPS) is 10.2. The van der Waals surface area contributed by atoms with Gasteiger partial charge in [-0.15, -0.1) is 11.8 Å². The second kappa shape index (κ2) is 5.29. The molecule has 0 atom stereocenters. The lowest BCUT2D eigenvalue weighted by atomic mass is 10.4. The summed E-state index contributed by atoms with van der Waals surface area (Å²) in [5, 5.41) is 0. The molecule has 0 N–H and O–H groups in total. The third-order valence-corrected chi connectivity index (χ3v) is 3.92. The first-order valence-electron chi connectivity index (χ1n) is 4.68. The highest BCUT2D eigenvalue weighted by Crippen LogP contribution is 2.33. The number of thioether (sulfide) groups is 1. The molecule has 2 heteroatoms. The minimum atomic E-state index is 1.20. The summed E-state index contributed by atoms with van der Waals surface area (Å²) in [6.45, 7) is 0. The summed E-state index contributed by atoms with van der Waals surface area (Å²) in [5.74, 6) is 0. The second-order valence-electron chi connectivity index (χ2n) is 2.98. The summed E-state index contributed by atoms with van der Waals surface area (Å²) in [6.07, 6.45) is 2.10. The maximum atomic E-state index is 3.28. The summed E-state index contributed by atoms with van der Waals surface area (Å²) >= 11 is 3.52. The highest BCUT2D eigenvalue weighted by Gasteiger charge is 2.02. The van der Waals surface area contributed by atoms with E-state index >= 15 is 0 Å². The lowest BCUT2D eigenvalue weighted by molar-refractivity contribution is 1.23. The fourth-order valence-electron chi connectivity index (χ4n) is 1.25. The third-order valence-electron chi connectivity index (χ3n) is 1.97. The van der Waals surface area contributed by atoms with Gasteiger partial charge >= 0.3 is 0 Å². The van der Waals surface area contributed by atoms with Gasteiger partial charge in [0.1, 0.15) is 0 Å². The van der Waals surface area contributed by atoms with Crippen LogP contribution in [-0.2, 0) is 0 Å². The van der Waals surface area contributed by atoms with Gasteiger partial charge in [0.25, 0.3) is 0 Å². The zero-order valence-electron chi connectivity index (χ0n) is 8.44. The fourth-order valence-corrected chi connectivity index (χ4v) is 2.91. The van der Waals surface area contributed by atoms with E-state index < -0.39 is 0 Å². The molecule has 0 bridgehead atoms. The van der Waals surface area contributed by atoms with E-state index in [0.717, 1.165) is 0 Å². The fraction of sp³-hybridized carbons (Fsp3) is 0.0769. The van der Waals surface area contributed by atoms with E-state index in [1.807, 2.05) is 18.2 Å². The first-order valence-corrected chi connectivity index (χ1v) is 6.72. The predicted octanol–water partition coefficient (Wildman–Crippen LogP) is 4.36. The van der Waals surface area contributed by atoms with E-state index in [1.165, 1.54) is 14.7 Å². The molecule has 75 valence electrons. The van der Waals surface area contributed by atoms with E-state index in [0.29, 0.717) is 0 Å². The Bertz CT molecular complexity index is 424. The first kappa shape index (κ1) is 10.7. The van der Waals surface area contributed by atoms with Crippen LogP contribution in [-0.4, -0.2) is 6.26 Å². The second-order valence-corrected chi connectivity index (χ2v) is 4.91. The van der Waals surface area contributed by atoms with Crippen molar-refractivity contribution >= 4 is 23.5 Å². The van der Waals surface area contributed by atoms with Crippen LogP contribution < -0.4 is 0 Å². The van der Waals surface area contributed by atoms with Crippen molar-refractivity contribution in [1.82, 2.24) is 0 Å². The summed E-state index contributed by atoms with van der Waals surface area (Å²) in [6, 6.07) is 19.8. The Morgan fingerprint density at radius 3 is 2.53 bits per heavy atom. The Morgan fingerprint density at radius 1 is 1.00 bits per heavy atom. The molecule has 0 heterocycles. The van der Waals surface area contributed by atoms with Crippen LogP contribution in [0.1, 0.15) is 0 Å². The summed E-state index contributed by atoms with van der Waals surface area (Å²) in [4.78, 5) is 3.75. The van der Waals surface area contributed by atoms with Gasteiger partial charge in [-0.05, 0) is 30.5 Å². The van der Waals surface area contributed by atoms with Crippen LogP contribution in [0, 0.1) is 6.07 Å². The minimum absolute atomic E-state index is 1.20. The van der Waals surface area contributed by atoms with Crippen LogP contribution in [0.5, 0.6) is 0 Å². The van der Waals surface area contributed by atoms with Crippen molar-refractivity contribution in [2.45, 2.75) is 14.7 Å². The molecule has 0 nitrogen and oxygen atoms in total. The lowest BCUT2D eigenvalue weighted by Gasteiger charge is -2.05. The van der Waals surface area contributed by atoms with Gasteiger partial charge in [0.05, 0.1) is 0 Å². The zero-order valence-corrected chi connectivity index (χ0v) is 10.1. The van der Waals surface area contributed by atoms with Crippen molar-refractivity contribution in [2.75, 3.05) is 6.26 Å². The average molecular weight is 231 g/mol. The van der Waals surface area contributed by atoms with E-state index in [-0.39, 0.29) is 0 Å². The van der Waals surface area contributed by atoms with Crippen molar-refractivity contribution in [3.05, 3.63) is 54.6 Å². The smallest absolute Gasteiger partial charge is 0.0337 e. The van der Waals surface area contributed by atoms with Gasteiger partial charge in [0.2, 0.25) is 0 Å². The molecule has 0 fully saturated rings. The van der Waals surface area contributed by atoms with Crippen LogP contribution in [0.15, 0.2) is 63.2 Å². The Hall–Kier alpha value is -0.860. The molecule has 0 aromatic heterocycles. The minimum Gasteiger partial charge on any atom is -0.128 e. The Balaban J connectivity index is 2.24. The molecule has 2 rings (SSSR count). The van der Waals surface area contributed by atoms with E-state index in [4.69, 9.17) is 0 Å². The van der Waals surface area contributed by atoms with E-state index in [9.17, 15) is 0 Å². The molecule has 15 heavy (non-hydrogen) atoms. The highest BCUT2D eigenvalue weighted by molar-refractivity contribution is 8.02. The van der Waals surface area contributed by atoms with Crippen molar-refractivity contribution in [3.8, 4) is 0 Å². The SMILES string of the molecule is CSc1ccc[c]c1Sc1ccccc1. The molecule has 2 aromatic carbocycles. The van der Waals surface area contributed by atoms with Crippen molar-refractivity contribution in [1.29, 1.82) is 0 Å². The number of hydrogen-bond acceptors (Lipinski definition) is 2. The van der Waals surface area contributed by atoms with Crippen molar-refractivity contribution < 1.29 is 0 Å². The topological polar surface area (TPSA) is 0 Å². The van der Waals surface area contributed by atoms with Gasteiger partial charge in [-0.3, -0.25) is 0 Å². The van der Waals surface area contributed by atoms with Crippen LogP contribution in [0.4, 0.5) is 0 Å². The Labute approximate surface area is 99.1 Å². The number of hydrogen-bond donors (Lipinski definition) is 0. The zero-order chi connectivity index (χ0) is 10.5. The number of rotatable bonds is 3. The van der Waals surface area contributed by atoms with E-state index in [2.05, 4.69) is 42.7 Å².